The van der Waals surface area contributed by atoms with Crippen LogP contribution in [0.3, 0.4) is 0 Å². The van der Waals surface area contributed by atoms with Crippen LogP contribution < -0.4 is 10.6 Å². The molecule has 2 fully saturated rings. The lowest BCUT2D eigenvalue weighted by Gasteiger charge is -2.31. The molecule has 5 heteroatoms. The van der Waals surface area contributed by atoms with Crippen molar-refractivity contribution in [2.45, 2.75) is 58.8 Å². The van der Waals surface area contributed by atoms with Crippen LogP contribution in [0.2, 0.25) is 0 Å². The highest BCUT2D eigenvalue weighted by molar-refractivity contribution is 5.79. The van der Waals surface area contributed by atoms with Crippen LogP contribution in [0.1, 0.15) is 58.8 Å². The van der Waals surface area contributed by atoms with E-state index in [4.69, 9.17) is 4.74 Å². The number of rotatable bonds is 9. The van der Waals surface area contributed by atoms with Crippen molar-refractivity contribution in [2.75, 3.05) is 53.0 Å². The first-order chi connectivity index (χ1) is 12.2. The predicted molar refractivity (Wildman–Crippen MR) is 106 cm³/mol. The van der Waals surface area contributed by atoms with E-state index in [0.717, 1.165) is 51.1 Å². The summed E-state index contributed by atoms with van der Waals surface area (Å²) in [7, 11) is 1.87. The number of likely N-dealkylation sites (tertiary alicyclic amines) is 1. The van der Waals surface area contributed by atoms with E-state index in [-0.39, 0.29) is 0 Å². The van der Waals surface area contributed by atoms with Crippen LogP contribution in [0, 0.1) is 11.3 Å². The molecular weight excluding hydrogens is 312 g/mol. The Morgan fingerprint density at radius 1 is 1.20 bits per heavy atom. The molecule has 0 spiro atoms. The van der Waals surface area contributed by atoms with E-state index in [9.17, 15) is 0 Å². The molecular formula is C20H40N4O. The van der Waals surface area contributed by atoms with Crippen molar-refractivity contribution in [1.82, 2.24) is 15.5 Å². The smallest absolute Gasteiger partial charge is 0.191 e. The third-order valence-electron chi connectivity index (χ3n) is 6.10. The van der Waals surface area contributed by atoms with Gasteiger partial charge in [0.15, 0.2) is 5.96 Å². The van der Waals surface area contributed by atoms with E-state index in [2.05, 4.69) is 34.4 Å². The zero-order chi connectivity index (χ0) is 18.0. The van der Waals surface area contributed by atoms with Crippen LogP contribution in [0.15, 0.2) is 4.99 Å². The molecule has 1 saturated heterocycles. The molecule has 1 saturated carbocycles. The molecule has 2 aliphatic rings. The molecule has 0 atom stereocenters. The molecule has 0 aromatic rings. The average Bonchev–Trinajstić information content (AvgIpc) is 3.09. The van der Waals surface area contributed by atoms with Crippen LogP contribution in [0.25, 0.3) is 0 Å². The van der Waals surface area contributed by atoms with Crippen molar-refractivity contribution in [1.29, 1.82) is 0 Å². The maximum Gasteiger partial charge on any atom is 0.191 e. The van der Waals surface area contributed by atoms with Gasteiger partial charge in [-0.2, -0.15) is 0 Å². The summed E-state index contributed by atoms with van der Waals surface area (Å²) in [6, 6.07) is 0. The standard InChI is InChI=1S/C20H40N4O/c1-4-25-16-11-20(9-5-6-10-20)17-23-19(21-3)22-12-15-24-13-7-18(2)8-14-24/h18H,4-17H2,1-3H3,(H2,21,22,23). The molecule has 0 amide bonds. The van der Waals surface area contributed by atoms with Gasteiger partial charge in [0.05, 0.1) is 0 Å². The molecule has 0 radical (unpaired) electrons. The molecule has 0 aromatic heterocycles. The van der Waals surface area contributed by atoms with Gasteiger partial charge in [-0.25, -0.2) is 0 Å². The summed E-state index contributed by atoms with van der Waals surface area (Å²) < 4.78 is 5.61. The first kappa shape index (κ1) is 20.5. The van der Waals surface area contributed by atoms with Gasteiger partial charge in [-0.3, -0.25) is 4.99 Å². The van der Waals surface area contributed by atoms with Gasteiger partial charge < -0.3 is 20.3 Å². The van der Waals surface area contributed by atoms with Gasteiger partial charge in [0.25, 0.3) is 0 Å². The summed E-state index contributed by atoms with van der Waals surface area (Å²) >= 11 is 0. The molecule has 5 nitrogen and oxygen atoms in total. The van der Waals surface area contributed by atoms with Gasteiger partial charge >= 0.3 is 0 Å². The van der Waals surface area contributed by atoms with Gasteiger partial charge in [-0.05, 0) is 63.5 Å². The fourth-order valence-electron chi connectivity index (χ4n) is 4.18. The quantitative estimate of drug-likeness (QED) is 0.381. The van der Waals surface area contributed by atoms with E-state index < -0.39 is 0 Å². The largest absolute Gasteiger partial charge is 0.382 e. The fourth-order valence-corrected chi connectivity index (χ4v) is 4.18. The number of aliphatic imine (C=N–C) groups is 1. The second-order valence-electron chi connectivity index (χ2n) is 8.03. The minimum Gasteiger partial charge on any atom is -0.382 e. The monoisotopic (exact) mass is 352 g/mol. The molecule has 25 heavy (non-hydrogen) atoms. The van der Waals surface area contributed by atoms with Crippen molar-refractivity contribution in [3.05, 3.63) is 0 Å². The van der Waals surface area contributed by atoms with Crippen molar-refractivity contribution >= 4 is 5.96 Å². The minimum absolute atomic E-state index is 0.399. The zero-order valence-electron chi connectivity index (χ0n) is 16.8. The normalized spacial score (nSPS) is 22.3. The number of ether oxygens (including phenoxy) is 1. The van der Waals surface area contributed by atoms with Gasteiger partial charge in [-0.1, -0.05) is 19.8 Å². The lowest BCUT2D eigenvalue weighted by atomic mass is 9.83. The van der Waals surface area contributed by atoms with Gasteiger partial charge in [0.1, 0.15) is 0 Å². The zero-order valence-corrected chi connectivity index (χ0v) is 16.8. The highest BCUT2D eigenvalue weighted by atomic mass is 16.5. The minimum atomic E-state index is 0.399. The third kappa shape index (κ3) is 7.14. The predicted octanol–water partition coefficient (Wildman–Crippen LogP) is 2.87. The summed E-state index contributed by atoms with van der Waals surface area (Å²) in [6.07, 6.45) is 9.19. The Morgan fingerprint density at radius 3 is 2.56 bits per heavy atom. The molecule has 2 rings (SSSR count). The second kappa shape index (κ2) is 11.0. The van der Waals surface area contributed by atoms with Gasteiger partial charge in [0, 0.05) is 39.9 Å². The lowest BCUT2D eigenvalue weighted by Crippen LogP contribution is -2.46. The number of hydrogen-bond acceptors (Lipinski definition) is 3. The summed E-state index contributed by atoms with van der Waals surface area (Å²) in [6.45, 7) is 11.7. The van der Waals surface area contributed by atoms with Gasteiger partial charge in [0.2, 0.25) is 0 Å². The van der Waals surface area contributed by atoms with Crippen LogP contribution in [-0.4, -0.2) is 63.8 Å². The summed E-state index contributed by atoms with van der Waals surface area (Å²) in [5.74, 6) is 1.85. The van der Waals surface area contributed by atoms with E-state index in [1.54, 1.807) is 0 Å². The van der Waals surface area contributed by atoms with Crippen molar-refractivity contribution in [3.8, 4) is 0 Å². The van der Waals surface area contributed by atoms with E-state index in [1.165, 1.54) is 51.6 Å². The Balaban J connectivity index is 1.67. The van der Waals surface area contributed by atoms with E-state index in [1.807, 2.05) is 7.05 Å². The topological polar surface area (TPSA) is 48.9 Å². The maximum atomic E-state index is 5.61. The second-order valence-corrected chi connectivity index (χ2v) is 8.03. The van der Waals surface area contributed by atoms with Crippen molar-refractivity contribution in [3.63, 3.8) is 0 Å². The molecule has 1 heterocycles. The van der Waals surface area contributed by atoms with Gasteiger partial charge in [-0.15, -0.1) is 0 Å². The molecule has 146 valence electrons. The van der Waals surface area contributed by atoms with E-state index >= 15 is 0 Å². The summed E-state index contributed by atoms with van der Waals surface area (Å²) in [4.78, 5) is 6.99. The Hall–Kier alpha value is -0.810. The van der Waals surface area contributed by atoms with E-state index in [0.29, 0.717) is 5.41 Å². The number of piperidine rings is 1. The molecule has 0 aromatic carbocycles. The Labute approximate surface area is 155 Å². The molecule has 0 unspecified atom stereocenters. The fraction of sp³-hybridized carbons (Fsp3) is 0.950. The molecule has 0 bridgehead atoms. The number of guanidine groups is 1. The summed E-state index contributed by atoms with van der Waals surface area (Å²) in [5, 5.41) is 7.09. The molecule has 1 aliphatic heterocycles. The Kier molecular flexibility index (Phi) is 9.04. The van der Waals surface area contributed by atoms with Crippen molar-refractivity contribution < 1.29 is 4.74 Å². The first-order valence-corrected chi connectivity index (χ1v) is 10.4. The number of nitrogens with one attached hydrogen (secondary N) is 2. The summed E-state index contributed by atoms with van der Waals surface area (Å²) in [5.41, 5.74) is 0.399. The molecule has 2 N–H and O–H groups in total. The third-order valence-corrected chi connectivity index (χ3v) is 6.10. The number of nitrogens with zero attached hydrogens (tertiary/aromatic N) is 2. The first-order valence-electron chi connectivity index (χ1n) is 10.4. The van der Waals surface area contributed by atoms with Crippen LogP contribution >= 0.6 is 0 Å². The van der Waals surface area contributed by atoms with Crippen LogP contribution in [-0.2, 0) is 4.74 Å². The highest BCUT2D eigenvalue weighted by Gasteiger charge is 2.33. The molecule has 1 aliphatic carbocycles. The lowest BCUT2D eigenvalue weighted by molar-refractivity contribution is 0.105. The van der Waals surface area contributed by atoms with Crippen molar-refractivity contribution in [2.24, 2.45) is 16.3 Å². The SMILES string of the molecule is CCOCCC1(CNC(=NC)NCCN2CCC(C)CC2)CCCC1. The number of hydrogen-bond donors (Lipinski definition) is 2. The maximum absolute atomic E-state index is 5.61. The highest BCUT2D eigenvalue weighted by Crippen LogP contribution is 2.40. The van der Waals surface area contributed by atoms with Crippen LogP contribution in [0.4, 0.5) is 0 Å². The Morgan fingerprint density at radius 2 is 1.92 bits per heavy atom. The Bertz CT molecular complexity index is 385. The average molecular weight is 353 g/mol. The van der Waals surface area contributed by atoms with Crippen LogP contribution in [0.5, 0.6) is 0 Å².